The minimum absolute atomic E-state index is 0.148. The first-order valence-electron chi connectivity index (χ1n) is 10.2. The van der Waals surface area contributed by atoms with Gasteiger partial charge in [-0.3, -0.25) is 9.69 Å². The summed E-state index contributed by atoms with van der Waals surface area (Å²) >= 11 is 5.89. The lowest BCUT2D eigenvalue weighted by Gasteiger charge is -2.36. The number of aromatic nitrogens is 1. The van der Waals surface area contributed by atoms with Gasteiger partial charge in [0.25, 0.3) is 5.91 Å². The van der Waals surface area contributed by atoms with E-state index < -0.39 is 0 Å². The van der Waals surface area contributed by atoms with E-state index >= 15 is 0 Å². The molecule has 30 heavy (non-hydrogen) atoms. The summed E-state index contributed by atoms with van der Waals surface area (Å²) in [6.45, 7) is 5.45. The highest BCUT2D eigenvalue weighted by molar-refractivity contribution is 6.29. The van der Waals surface area contributed by atoms with Gasteiger partial charge in [0, 0.05) is 56.7 Å². The Labute approximate surface area is 182 Å². The van der Waals surface area contributed by atoms with Crippen LogP contribution in [0.2, 0.25) is 5.15 Å². The molecule has 1 aliphatic heterocycles. The molecule has 6 heteroatoms. The van der Waals surface area contributed by atoms with Crippen LogP contribution in [-0.4, -0.2) is 42.0 Å². The van der Waals surface area contributed by atoms with Gasteiger partial charge in [-0.25, -0.2) is 4.98 Å². The van der Waals surface area contributed by atoms with Gasteiger partial charge < -0.3 is 10.2 Å². The van der Waals surface area contributed by atoms with Gasteiger partial charge in [-0.15, -0.1) is 0 Å². The molecule has 0 saturated carbocycles. The lowest BCUT2D eigenvalue weighted by atomic mass is 10.1. The highest BCUT2D eigenvalue weighted by Crippen LogP contribution is 2.18. The minimum Gasteiger partial charge on any atom is -0.369 e. The van der Waals surface area contributed by atoms with Crippen LogP contribution < -0.4 is 10.2 Å². The highest BCUT2D eigenvalue weighted by atomic mass is 35.5. The first-order valence-corrected chi connectivity index (χ1v) is 10.6. The largest absolute Gasteiger partial charge is 0.369 e. The van der Waals surface area contributed by atoms with Crippen molar-refractivity contribution >= 4 is 23.2 Å². The van der Waals surface area contributed by atoms with E-state index in [1.54, 1.807) is 18.3 Å². The maximum absolute atomic E-state index is 12.4. The number of pyridine rings is 1. The quantitative estimate of drug-likeness (QED) is 0.612. The van der Waals surface area contributed by atoms with E-state index in [9.17, 15) is 4.79 Å². The van der Waals surface area contributed by atoms with E-state index in [2.05, 4.69) is 68.6 Å². The molecule has 4 rings (SSSR count). The Morgan fingerprint density at radius 1 is 0.933 bits per heavy atom. The van der Waals surface area contributed by atoms with E-state index in [1.807, 2.05) is 6.07 Å². The fraction of sp³-hybridized carbons (Fsp3) is 0.250. The van der Waals surface area contributed by atoms with E-state index in [4.69, 9.17) is 11.6 Å². The third kappa shape index (κ3) is 5.17. The number of carbonyl (C=O) groups is 1. The third-order valence-electron chi connectivity index (χ3n) is 5.43. The summed E-state index contributed by atoms with van der Waals surface area (Å²) in [4.78, 5) is 21.3. The average molecular weight is 421 g/mol. The number of nitrogens with one attached hydrogen (secondary N) is 1. The van der Waals surface area contributed by atoms with Gasteiger partial charge >= 0.3 is 0 Å². The van der Waals surface area contributed by atoms with Gasteiger partial charge in [-0.1, -0.05) is 54.1 Å². The third-order valence-corrected chi connectivity index (χ3v) is 5.64. The Hall–Kier alpha value is -2.89. The molecule has 1 saturated heterocycles. The number of piperazine rings is 1. The van der Waals surface area contributed by atoms with Gasteiger partial charge in [0.05, 0.1) is 0 Å². The van der Waals surface area contributed by atoms with Crippen molar-refractivity contribution in [2.24, 2.45) is 0 Å². The molecule has 5 nitrogen and oxygen atoms in total. The number of benzene rings is 2. The maximum Gasteiger partial charge on any atom is 0.251 e. The van der Waals surface area contributed by atoms with Crippen LogP contribution in [0.5, 0.6) is 0 Å². The number of hydrogen-bond donors (Lipinski definition) is 1. The van der Waals surface area contributed by atoms with Gasteiger partial charge in [-0.05, 0) is 35.4 Å². The zero-order valence-electron chi connectivity index (χ0n) is 16.8. The molecule has 0 bridgehead atoms. The molecule has 0 atom stereocenters. The zero-order valence-corrected chi connectivity index (χ0v) is 17.6. The first kappa shape index (κ1) is 20.4. The Morgan fingerprint density at radius 3 is 2.37 bits per heavy atom. The Balaban J connectivity index is 1.34. The monoisotopic (exact) mass is 420 g/mol. The van der Waals surface area contributed by atoms with Crippen molar-refractivity contribution in [1.29, 1.82) is 0 Å². The van der Waals surface area contributed by atoms with Crippen LogP contribution in [0.15, 0.2) is 72.9 Å². The van der Waals surface area contributed by atoms with Crippen molar-refractivity contribution in [2.75, 3.05) is 31.1 Å². The molecule has 1 aromatic heterocycles. The Morgan fingerprint density at radius 2 is 1.63 bits per heavy atom. The summed E-state index contributed by atoms with van der Waals surface area (Å²) in [6.07, 6.45) is 1.54. The lowest BCUT2D eigenvalue weighted by Crippen LogP contribution is -2.46. The summed E-state index contributed by atoms with van der Waals surface area (Å²) in [5, 5.41) is 3.31. The van der Waals surface area contributed by atoms with Crippen LogP contribution in [0.3, 0.4) is 0 Å². The number of nitrogens with zero attached hydrogens (tertiary/aromatic N) is 3. The lowest BCUT2D eigenvalue weighted by molar-refractivity contribution is 0.0950. The summed E-state index contributed by atoms with van der Waals surface area (Å²) in [5.41, 5.74) is 4.19. The van der Waals surface area contributed by atoms with Gasteiger partial charge in [-0.2, -0.15) is 0 Å². The molecular weight excluding hydrogens is 396 g/mol. The number of hydrogen-bond acceptors (Lipinski definition) is 4. The summed E-state index contributed by atoms with van der Waals surface area (Å²) in [6, 6.07) is 22.1. The molecule has 0 spiro atoms. The fourth-order valence-electron chi connectivity index (χ4n) is 3.75. The molecule has 2 heterocycles. The normalized spacial score (nSPS) is 14.5. The van der Waals surface area contributed by atoms with Crippen LogP contribution in [0.1, 0.15) is 21.5 Å². The van der Waals surface area contributed by atoms with Crippen LogP contribution in [0.4, 0.5) is 5.69 Å². The predicted molar refractivity (Wildman–Crippen MR) is 121 cm³/mol. The molecule has 1 fully saturated rings. The van der Waals surface area contributed by atoms with E-state index in [-0.39, 0.29) is 5.91 Å². The number of anilines is 1. The summed E-state index contributed by atoms with van der Waals surface area (Å²) < 4.78 is 0. The van der Waals surface area contributed by atoms with Gasteiger partial charge in [0.1, 0.15) is 5.15 Å². The number of rotatable bonds is 6. The smallest absolute Gasteiger partial charge is 0.251 e. The number of halogens is 1. The van der Waals surface area contributed by atoms with Gasteiger partial charge in [0.15, 0.2) is 0 Å². The van der Waals surface area contributed by atoms with Crippen LogP contribution in [0, 0.1) is 0 Å². The number of para-hydroxylation sites is 1. The molecule has 0 aliphatic carbocycles. The van der Waals surface area contributed by atoms with Crippen LogP contribution in [-0.2, 0) is 13.1 Å². The molecular formula is C24H25ClN4O. The molecule has 3 aromatic rings. The fourth-order valence-corrected chi connectivity index (χ4v) is 3.92. The standard InChI is InChI=1S/C24H25ClN4O/c25-23-16-19(10-11-26-23)24(30)27-17-20-6-4-5-7-21(20)18-28-12-14-29(15-13-28)22-8-2-1-3-9-22/h1-11,16H,12-15,17-18H2,(H,27,30). The van der Waals surface area contributed by atoms with Crippen LogP contribution in [0.25, 0.3) is 0 Å². The minimum atomic E-state index is -0.148. The van der Waals surface area contributed by atoms with Crippen molar-refractivity contribution in [3.8, 4) is 0 Å². The first-order chi connectivity index (χ1) is 14.7. The van der Waals surface area contributed by atoms with Crippen molar-refractivity contribution in [3.63, 3.8) is 0 Å². The second-order valence-electron chi connectivity index (χ2n) is 7.42. The Bertz CT molecular complexity index is 987. The maximum atomic E-state index is 12.4. The van der Waals surface area contributed by atoms with Crippen molar-refractivity contribution in [3.05, 3.63) is 94.8 Å². The van der Waals surface area contributed by atoms with Crippen molar-refractivity contribution in [1.82, 2.24) is 15.2 Å². The average Bonchev–Trinajstić information content (AvgIpc) is 2.79. The molecule has 0 radical (unpaired) electrons. The number of carbonyl (C=O) groups excluding carboxylic acids is 1. The van der Waals surface area contributed by atoms with Crippen molar-refractivity contribution in [2.45, 2.75) is 13.1 Å². The SMILES string of the molecule is O=C(NCc1ccccc1CN1CCN(c2ccccc2)CC1)c1ccnc(Cl)c1. The molecule has 1 aliphatic rings. The number of amides is 1. The zero-order chi connectivity index (χ0) is 20.8. The molecule has 2 aromatic carbocycles. The molecule has 1 amide bonds. The second-order valence-corrected chi connectivity index (χ2v) is 7.80. The second kappa shape index (κ2) is 9.74. The Kier molecular flexibility index (Phi) is 6.62. The molecule has 154 valence electrons. The van der Waals surface area contributed by atoms with Crippen molar-refractivity contribution < 1.29 is 4.79 Å². The van der Waals surface area contributed by atoms with Crippen LogP contribution >= 0.6 is 11.6 Å². The van der Waals surface area contributed by atoms with E-state index in [0.717, 1.165) is 38.3 Å². The van der Waals surface area contributed by atoms with Gasteiger partial charge in [0.2, 0.25) is 0 Å². The van der Waals surface area contributed by atoms with E-state index in [0.29, 0.717) is 17.3 Å². The topological polar surface area (TPSA) is 48.5 Å². The highest BCUT2D eigenvalue weighted by Gasteiger charge is 2.18. The predicted octanol–water partition coefficient (Wildman–Crippen LogP) is 3.99. The molecule has 1 N–H and O–H groups in total. The molecule has 0 unspecified atom stereocenters. The summed E-state index contributed by atoms with van der Waals surface area (Å²) in [7, 11) is 0. The van der Waals surface area contributed by atoms with E-state index in [1.165, 1.54) is 11.3 Å². The summed E-state index contributed by atoms with van der Waals surface area (Å²) in [5.74, 6) is -0.148.